The summed E-state index contributed by atoms with van der Waals surface area (Å²) >= 11 is 0. The number of aliphatic hydroxyl groups excluding tert-OH is 1. The highest BCUT2D eigenvalue weighted by molar-refractivity contribution is 5.88. The largest absolute Gasteiger partial charge is 0.462 e. The summed E-state index contributed by atoms with van der Waals surface area (Å²) in [7, 11) is 0. The van der Waals surface area contributed by atoms with Crippen LogP contribution in [-0.2, 0) is 23.8 Å². The average molecular weight is 479 g/mol. The van der Waals surface area contributed by atoms with Crippen LogP contribution in [0.5, 0.6) is 0 Å². The minimum Gasteiger partial charge on any atom is -0.462 e. The van der Waals surface area contributed by atoms with E-state index < -0.39 is 18.0 Å². The van der Waals surface area contributed by atoms with E-state index >= 15 is 0 Å². The number of rotatable bonds is 13. The molecule has 4 atom stereocenters. The van der Waals surface area contributed by atoms with Crippen molar-refractivity contribution in [2.45, 2.75) is 97.2 Å². The summed E-state index contributed by atoms with van der Waals surface area (Å²) in [6.07, 6.45) is 11.2. The molecule has 1 heterocycles. The van der Waals surface area contributed by atoms with Crippen molar-refractivity contribution < 1.29 is 28.9 Å². The maximum atomic E-state index is 12.2. The third kappa shape index (κ3) is 9.18. The molecule has 2 rings (SSSR count). The maximum Gasteiger partial charge on any atom is 0.336 e. The van der Waals surface area contributed by atoms with Gasteiger partial charge in [-0.05, 0) is 76.5 Å². The van der Waals surface area contributed by atoms with Gasteiger partial charge in [-0.1, -0.05) is 39.3 Å². The third-order valence-electron chi connectivity index (χ3n) is 7.60. The van der Waals surface area contributed by atoms with Crippen molar-refractivity contribution >= 4 is 11.9 Å². The van der Waals surface area contributed by atoms with Gasteiger partial charge in [-0.3, -0.25) is 0 Å². The van der Waals surface area contributed by atoms with Gasteiger partial charge in [0.2, 0.25) is 0 Å². The Hall–Kier alpha value is -1.66. The normalized spacial score (nSPS) is 26.8. The van der Waals surface area contributed by atoms with Gasteiger partial charge < -0.3 is 19.3 Å². The summed E-state index contributed by atoms with van der Waals surface area (Å²) in [6.45, 7) is 13.8. The number of carbonyl (C=O) groups excluding carboxylic acids is 2. The van der Waals surface area contributed by atoms with E-state index in [0.717, 1.165) is 44.6 Å². The second kappa shape index (κ2) is 14.7. The summed E-state index contributed by atoms with van der Waals surface area (Å²) in [4.78, 5) is 24.1. The van der Waals surface area contributed by atoms with Gasteiger partial charge in [0.05, 0.1) is 31.0 Å². The number of unbranched alkanes of at least 4 members (excludes halogenated alkanes) is 2. The van der Waals surface area contributed by atoms with Gasteiger partial charge in [0.25, 0.3) is 0 Å². The van der Waals surface area contributed by atoms with E-state index in [1.807, 2.05) is 0 Å². The van der Waals surface area contributed by atoms with E-state index in [0.29, 0.717) is 23.5 Å². The lowest BCUT2D eigenvalue weighted by atomic mass is 9.73. The molecular weight excluding hydrogens is 432 g/mol. The van der Waals surface area contributed by atoms with E-state index in [1.54, 1.807) is 6.92 Å². The zero-order valence-corrected chi connectivity index (χ0v) is 21.6. The quantitative estimate of drug-likeness (QED) is 0.217. The third-order valence-corrected chi connectivity index (χ3v) is 7.60. The smallest absolute Gasteiger partial charge is 0.336 e. The molecule has 0 spiro atoms. The molecule has 6 heteroatoms. The number of ether oxygens (including phenoxy) is 3. The van der Waals surface area contributed by atoms with Gasteiger partial charge >= 0.3 is 11.9 Å². The molecule has 2 aliphatic rings. The Balaban J connectivity index is 1.85. The Morgan fingerprint density at radius 3 is 2.18 bits per heavy atom. The number of aliphatic hydroxyl groups is 1. The van der Waals surface area contributed by atoms with Crippen molar-refractivity contribution in [3.05, 3.63) is 24.3 Å². The van der Waals surface area contributed by atoms with Crippen molar-refractivity contribution in [1.29, 1.82) is 0 Å². The molecule has 0 aromatic rings. The first-order valence-corrected chi connectivity index (χ1v) is 13.2. The van der Waals surface area contributed by atoms with E-state index in [9.17, 15) is 14.7 Å². The van der Waals surface area contributed by atoms with Crippen molar-refractivity contribution in [2.24, 2.45) is 23.7 Å². The molecular formula is C28H46O6. The van der Waals surface area contributed by atoms with E-state index in [2.05, 4.69) is 20.1 Å². The maximum absolute atomic E-state index is 12.2. The molecule has 1 aliphatic heterocycles. The molecule has 0 amide bonds. The minimum atomic E-state index is -0.954. The molecule has 0 aromatic heterocycles. The molecule has 6 nitrogen and oxygen atoms in total. The predicted molar refractivity (Wildman–Crippen MR) is 133 cm³/mol. The Labute approximate surface area is 206 Å². The first kappa shape index (κ1) is 28.6. The van der Waals surface area contributed by atoms with E-state index in [-0.39, 0.29) is 24.7 Å². The van der Waals surface area contributed by atoms with Gasteiger partial charge in [0.1, 0.15) is 0 Å². The molecule has 0 bridgehead atoms. The van der Waals surface area contributed by atoms with Crippen LogP contribution in [0.25, 0.3) is 0 Å². The van der Waals surface area contributed by atoms with E-state index in [1.165, 1.54) is 39.0 Å². The molecule has 0 aromatic carbocycles. The monoisotopic (exact) mass is 478 g/mol. The molecule has 34 heavy (non-hydrogen) atoms. The summed E-state index contributed by atoms with van der Waals surface area (Å²) in [5, 5.41) is 9.57. The molecule has 2 fully saturated rings. The molecule has 1 aliphatic carbocycles. The molecule has 0 radical (unpaired) electrons. The fourth-order valence-corrected chi connectivity index (χ4v) is 5.17. The highest BCUT2D eigenvalue weighted by atomic mass is 16.5. The van der Waals surface area contributed by atoms with Crippen LogP contribution in [0.4, 0.5) is 0 Å². The lowest BCUT2D eigenvalue weighted by Gasteiger charge is -2.39. The first-order valence-electron chi connectivity index (χ1n) is 13.2. The fourth-order valence-electron chi connectivity index (χ4n) is 5.17. The van der Waals surface area contributed by atoms with Crippen LogP contribution in [0.2, 0.25) is 0 Å². The zero-order valence-electron chi connectivity index (χ0n) is 21.6. The van der Waals surface area contributed by atoms with Crippen molar-refractivity contribution in [3.8, 4) is 0 Å². The van der Waals surface area contributed by atoms with Crippen LogP contribution in [0.3, 0.4) is 0 Å². The number of hydrogen-bond acceptors (Lipinski definition) is 6. The highest BCUT2D eigenvalue weighted by Crippen LogP contribution is 2.39. The molecule has 1 saturated carbocycles. The van der Waals surface area contributed by atoms with Crippen LogP contribution in [0, 0.1) is 23.7 Å². The second-order valence-electron chi connectivity index (χ2n) is 10.4. The summed E-state index contributed by atoms with van der Waals surface area (Å²) in [6, 6.07) is 0. The minimum absolute atomic E-state index is 0.0313. The van der Waals surface area contributed by atoms with Crippen molar-refractivity contribution in [2.75, 3.05) is 19.8 Å². The summed E-state index contributed by atoms with van der Waals surface area (Å²) in [5.41, 5.74) is 0.383. The van der Waals surface area contributed by atoms with Crippen molar-refractivity contribution in [3.63, 3.8) is 0 Å². The Morgan fingerprint density at radius 1 is 1.00 bits per heavy atom. The number of hydrogen-bond donors (Lipinski definition) is 1. The Morgan fingerprint density at radius 2 is 1.65 bits per heavy atom. The Kier molecular flexibility index (Phi) is 12.3. The van der Waals surface area contributed by atoms with Gasteiger partial charge in [-0.25, -0.2) is 9.59 Å². The molecule has 4 unspecified atom stereocenters. The predicted octanol–water partition coefficient (Wildman–Crippen LogP) is 5.38. The fraction of sp³-hybridized carbons (Fsp3) is 0.786. The van der Waals surface area contributed by atoms with Gasteiger partial charge in [0.15, 0.2) is 0 Å². The summed E-state index contributed by atoms with van der Waals surface area (Å²) < 4.78 is 17.2. The zero-order chi connectivity index (χ0) is 25.1. The summed E-state index contributed by atoms with van der Waals surface area (Å²) in [5.74, 6) is 0.463. The molecule has 1 saturated heterocycles. The standard InChI is InChI=1S/C28H46O6/c1-6-7-8-9-22-10-15-26(32-16-22)24-13-11-23(12-14-24)25(17-33-27(30)19(2)3)18-34-28(31)20(4)21(5)29/h21-26,29H,2,4,6-18H2,1,3,5H3. The molecule has 1 N–H and O–H groups in total. The Bertz CT molecular complexity index is 668. The lowest BCUT2D eigenvalue weighted by molar-refractivity contribution is -0.146. The van der Waals surface area contributed by atoms with Crippen molar-refractivity contribution in [1.82, 2.24) is 0 Å². The average Bonchev–Trinajstić information content (AvgIpc) is 2.83. The van der Waals surface area contributed by atoms with Crippen LogP contribution < -0.4 is 0 Å². The van der Waals surface area contributed by atoms with E-state index in [4.69, 9.17) is 14.2 Å². The first-order chi connectivity index (χ1) is 16.2. The SMILES string of the molecule is C=C(C)C(=O)OCC(COC(=O)C(=C)C(C)O)C1CCC(C2CCC(CCCCC)CO2)CC1. The van der Waals surface area contributed by atoms with Crippen LogP contribution >= 0.6 is 0 Å². The highest BCUT2D eigenvalue weighted by Gasteiger charge is 2.35. The molecule has 194 valence electrons. The van der Waals surface area contributed by atoms with Gasteiger partial charge in [-0.15, -0.1) is 0 Å². The number of carbonyl (C=O) groups is 2. The van der Waals surface area contributed by atoms with Gasteiger partial charge in [-0.2, -0.15) is 0 Å². The van der Waals surface area contributed by atoms with Crippen LogP contribution in [0.15, 0.2) is 24.3 Å². The van der Waals surface area contributed by atoms with Gasteiger partial charge in [0, 0.05) is 18.1 Å². The van der Waals surface area contributed by atoms with Crippen LogP contribution in [-0.4, -0.2) is 49.1 Å². The number of esters is 2. The van der Waals surface area contributed by atoms with Crippen LogP contribution in [0.1, 0.15) is 85.0 Å². The topological polar surface area (TPSA) is 82.1 Å². The second-order valence-corrected chi connectivity index (χ2v) is 10.4. The lowest BCUT2D eigenvalue weighted by Crippen LogP contribution is -2.36.